The lowest BCUT2D eigenvalue weighted by atomic mass is 10.1. The molecule has 2 amide bonds. The lowest BCUT2D eigenvalue weighted by Gasteiger charge is -2.32. The maximum absolute atomic E-state index is 13.7. The van der Waals surface area contributed by atoms with Gasteiger partial charge in [0.2, 0.25) is 11.8 Å². The average molecular weight is 563 g/mol. The molecule has 3 aromatic rings. The summed E-state index contributed by atoms with van der Waals surface area (Å²) in [5.74, 6) is -0.876. The molecule has 1 atom stereocenters. The summed E-state index contributed by atoms with van der Waals surface area (Å²) in [5.41, 5.74) is 2.01. The van der Waals surface area contributed by atoms with Crippen LogP contribution in [0.4, 0.5) is 5.69 Å². The van der Waals surface area contributed by atoms with Crippen LogP contribution in [0, 0.1) is 6.92 Å². The number of carbonyl (C=O) groups is 2. The van der Waals surface area contributed by atoms with Crippen LogP contribution in [0.3, 0.4) is 0 Å². The van der Waals surface area contributed by atoms with E-state index in [2.05, 4.69) is 5.32 Å². The molecule has 3 rings (SSSR count). The summed E-state index contributed by atoms with van der Waals surface area (Å²) >= 11 is 12.0. The molecule has 1 N–H and O–H groups in total. The van der Waals surface area contributed by atoms with Crippen LogP contribution in [0.1, 0.15) is 25.0 Å². The molecule has 10 heteroatoms. The second-order valence-corrected chi connectivity index (χ2v) is 11.3. The van der Waals surface area contributed by atoms with Crippen molar-refractivity contribution in [2.24, 2.45) is 0 Å². The fourth-order valence-electron chi connectivity index (χ4n) is 3.66. The standard InChI is InChI=1S/C27H29Cl2N3O4S/c1-4-30-27(34)20(3)31(17-21-7-9-22(28)10-8-21)26(33)18-32(24-13-5-19(2)6-14-24)37(35,36)25-15-11-23(29)12-16-25/h5-16,20H,4,17-18H2,1-3H3,(H,30,34)/t20-/m0/s1. The van der Waals surface area contributed by atoms with Gasteiger partial charge in [0.1, 0.15) is 12.6 Å². The van der Waals surface area contributed by atoms with Crippen LogP contribution >= 0.6 is 23.2 Å². The maximum atomic E-state index is 13.7. The molecule has 0 aliphatic carbocycles. The molecule has 0 unspecified atom stereocenters. The average Bonchev–Trinajstić information content (AvgIpc) is 2.87. The predicted molar refractivity (Wildman–Crippen MR) is 147 cm³/mol. The number of nitrogens with one attached hydrogen (secondary N) is 1. The van der Waals surface area contributed by atoms with Gasteiger partial charge in [0.05, 0.1) is 10.6 Å². The normalized spacial score (nSPS) is 12.0. The third kappa shape index (κ3) is 7.25. The Morgan fingerprint density at radius 3 is 1.97 bits per heavy atom. The Morgan fingerprint density at radius 2 is 1.43 bits per heavy atom. The number of anilines is 1. The minimum Gasteiger partial charge on any atom is -0.355 e. The Bertz CT molecular complexity index is 1330. The van der Waals surface area contributed by atoms with Crippen LogP contribution in [0.2, 0.25) is 10.0 Å². The van der Waals surface area contributed by atoms with Gasteiger partial charge in [0.25, 0.3) is 10.0 Å². The van der Waals surface area contributed by atoms with Gasteiger partial charge < -0.3 is 10.2 Å². The second kappa shape index (κ2) is 12.4. The highest BCUT2D eigenvalue weighted by atomic mass is 35.5. The first kappa shape index (κ1) is 28.5. The monoisotopic (exact) mass is 561 g/mol. The molecule has 0 aliphatic rings. The summed E-state index contributed by atoms with van der Waals surface area (Å²) in [4.78, 5) is 27.8. The number of likely N-dealkylation sites (N-methyl/N-ethyl adjacent to an activating group) is 1. The van der Waals surface area contributed by atoms with Crippen molar-refractivity contribution in [3.05, 3.63) is 94.0 Å². The van der Waals surface area contributed by atoms with Crippen molar-refractivity contribution in [1.29, 1.82) is 0 Å². The zero-order valence-corrected chi connectivity index (χ0v) is 23.1. The molecule has 0 radical (unpaired) electrons. The third-order valence-electron chi connectivity index (χ3n) is 5.79. The molecule has 0 bridgehead atoms. The van der Waals surface area contributed by atoms with Gasteiger partial charge in [-0.1, -0.05) is 53.0 Å². The summed E-state index contributed by atoms with van der Waals surface area (Å²) in [6.07, 6.45) is 0. The zero-order chi connectivity index (χ0) is 27.2. The van der Waals surface area contributed by atoms with Crippen LogP contribution in [-0.2, 0) is 26.2 Å². The molecular formula is C27H29Cl2N3O4S. The largest absolute Gasteiger partial charge is 0.355 e. The highest BCUT2D eigenvalue weighted by Crippen LogP contribution is 2.26. The molecule has 3 aromatic carbocycles. The van der Waals surface area contributed by atoms with Gasteiger partial charge in [-0.05, 0) is 74.9 Å². The molecule has 196 valence electrons. The topological polar surface area (TPSA) is 86.8 Å². The first-order valence-electron chi connectivity index (χ1n) is 11.7. The van der Waals surface area contributed by atoms with E-state index in [1.54, 1.807) is 62.4 Å². The van der Waals surface area contributed by atoms with Gasteiger partial charge in [-0.2, -0.15) is 0 Å². The number of benzene rings is 3. The molecule has 0 saturated carbocycles. The molecule has 0 aromatic heterocycles. The van der Waals surface area contributed by atoms with Crippen LogP contribution in [0.25, 0.3) is 0 Å². The number of rotatable bonds is 10. The van der Waals surface area contributed by atoms with E-state index < -0.39 is 28.5 Å². The van der Waals surface area contributed by atoms with Crippen molar-refractivity contribution in [2.75, 3.05) is 17.4 Å². The SMILES string of the molecule is CCNC(=O)[C@H](C)N(Cc1ccc(Cl)cc1)C(=O)CN(c1ccc(C)cc1)S(=O)(=O)c1ccc(Cl)cc1. The molecule has 0 fully saturated rings. The summed E-state index contributed by atoms with van der Waals surface area (Å²) in [5, 5.41) is 3.66. The van der Waals surface area contributed by atoms with E-state index in [-0.39, 0.29) is 17.3 Å². The number of hydrogen-bond donors (Lipinski definition) is 1. The van der Waals surface area contributed by atoms with Gasteiger partial charge in [-0.25, -0.2) is 8.42 Å². The van der Waals surface area contributed by atoms with Gasteiger partial charge in [-0.3, -0.25) is 13.9 Å². The van der Waals surface area contributed by atoms with Gasteiger partial charge >= 0.3 is 0 Å². The van der Waals surface area contributed by atoms with Gasteiger partial charge in [0, 0.05) is 23.1 Å². The maximum Gasteiger partial charge on any atom is 0.264 e. The predicted octanol–water partition coefficient (Wildman–Crippen LogP) is 5.05. The van der Waals surface area contributed by atoms with Crippen LogP contribution < -0.4 is 9.62 Å². The first-order valence-corrected chi connectivity index (χ1v) is 13.9. The molecule has 37 heavy (non-hydrogen) atoms. The van der Waals surface area contributed by atoms with E-state index in [4.69, 9.17) is 23.2 Å². The Morgan fingerprint density at radius 1 is 0.892 bits per heavy atom. The minimum absolute atomic E-state index is 0.00805. The molecular weight excluding hydrogens is 533 g/mol. The van der Waals surface area contributed by atoms with Crippen molar-refractivity contribution in [2.45, 2.75) is 38.3 Å². The van der Waals surface area contributed by atoms with Gasteiger partial charge in [0.15, 0.2) is 0 Å². The number of carbonyl (C=O) groups excluding carboxylic acids is 2. The van der Waals surface area contributed by atoms with Crippen molar-refractivity contribution < 1.29 is 18.0 Å². The third-order valence-corrected chi connectivity index (χ3v) is 8.08. The fourth-order valence-corrected chi connectivity index (χ4v) is 5.33. The van der Waals surface area contributed by atoms with E-state index in [0.29, 0.717) is 22.3 Å². The molecule has 0 spiro atoms. The number of hydrogen-bond acceptors (Lipinski definition) is 4. The van der Waals surface area contributed by atoms with Gasteiger partial charge in [-0.15, -0.1) is 0 Å². The second-order valence-electron chi connectivity index (χ2n) is 8.52. The number of sulfonamides is 1. The number of aryl methyl sites for hydroxylation is 1. The summed E-state index contributed by atoms with van der Waals surface area (Å²) in [6.45, 7) is 5.26. The van der Waals surface area contributed by atoms with Crippen LogP contribution in [0.5, 0.6) is 0 Å². The van der Waals surface area contributed by atoms with Crippen molar-refractivity contribution in [3.63, 3.8) is 0 Å². The number of nitrogens with zero attached hydrogens (tertiary/aromatic N) is 2. The van der Waals surface area contributed by atoms with E-state index in [9.17, 15) is 18.0 Å². The summed E-state index contributed by atoms with van der Waals surface area (Å²) in [6, 6.07) is 18.6. The highest BCUT2D eigenvalue weighted by Gasteiger charge is 2.32. The quantitative estimate of drug-likeness (QED) is 0.375. The first-order chi connectivity index (χ1) is 17.5. The van der Waals surface area contributed by atoms with Crippen LogP contribution in [-0.4, -0.2) is 44.3 Å². The Labute approximate surface area is 228 Å². The number of halogens is 2. The van der Waals surface area contributed by atoms with Crippen molar-refractivity contribution in [3.8, 4) is 0 Å². The van der Waals surface area contributed by atoms with E-state index in [0.717, 1.165) is 15.4 Å². The van der Waals surface area contributed by atoms with Crippen LogP contribution in [0.15, 0.2) is 77.7 Å². The molecule has 0 aliphatic heterocycles. The molecule has 7 nitrogen and oxygen atoms in total. The van der Waals surface area contributed by atoms with Crippen molar-refractivity contribution >= 4 is 50.7 Å². The highest BCUT2D eigenvalue weighted by molar-refractivity contribution is 7.92. The molecule has 0 saturated heterocycles. The van der Waals surface area contributed by atoms with E-state index >= 15 is 0 Å². The van der Waals surface area contributed by atoms with Crippen molar-refractivity contribution in [1.82, 2.24) is 10.2 Å². The fraction of sp³-hybridized carbons (Fsp3) is 0.259. The zero-order valence-electron chi connectivity index (χ0n) is 20.8. The lowest BCUT2D eigenvalue weighted by molar-refractivity contribution is -0.139. The summed E-state index contributed by atoms with van der Waals surface area (Å²) < 4.78 is 28.5. The van der Waals surface area contributed by atoms with E-state index in [1.807, 2.05) is 6.92 Å². The Hall–Kier alpha value is -3.07. The number of amides is 2. The smallest absolute Gasteiger partial charge is 0.264 e. The van der Waals surface area contributed by atoms with E-state index in [1.165, 1.54) is 29.2 Å². The lowest BCUT2D eigenvalue weighted by Crippen LogP contribution is -2.51. The Balaban J connectivity index is 2.01. The Kier molecular flexibility index (Phi) is 9.59. The molecule has 0 heterocycles. The summed E-state index contributed by atoms with van der Waals surface area (Å²) in [7, 11) is -4.14. The minimum atomic E-state index is -4.14.